The van der Waals surface area contributed by atoms with Gasteiger partial charge in [0.25, 0.3) is 0 Å². The van der Waals surface area contributed by atoms with E-state index in [1.54, 1.807) is 36.8 Å². The Kier molecular flexibility index (Phi) is 5.85. The largest absolute Gasteiger partial charge is 0.337 e. The van der Waals surface area contributed by atoms with Crippen molar-refractivity contribution in [3.63, 3.8) is 0 Å². The van der Waals surface area contributed by atoms with E-state index in [2.05, 4.69) is 9.97 Å². The van der Waals surface area contributed by atoms with Crippen LogP contribution in [0.15, 0.2) is 79.3 Å². The first kappa shape index (κ1) is 22.9. The van der Waals surface area contributed by atoms with E-state index >= 15 is 4.39 Å². The lowest BCUT2D eigenvalue weighted by Gasteiger charge is -2.32. The molecule has 0 fully saturated rings. The van der Waals surface area contributed by atoms with Crippen LogP contribution in [-0.4, -0.2) is 14.5 Å². The Morgan fingerprint density at radius 3 is 2.26 bits per heavy atom. The third-order valence-corrected chi connectivity index (χ3v) is 7.24. The third-order valence-electron chi connectivity index (χ3n) is 6.34. The fraction of sp³-hybridized carbons (Fsp3) is 0.111. The topological polar surface area (TPSA) is 30.7 Å². The van der Waals surface area contributed by atoms with Gasteiger partial charge in [-0.3, -0.25) is 0 Å². The third kappa shape index (κ3) is 3.58. The first-order valence-corrected chi connectivity index (χ1v) is 11.7. The van der Waals surface area contributed by atoms with Crippen molar-refractivity contribution in [2.24, 2.45) is 7.05 Å². The Morgan fingerprint density at radius 1 is 0.912 bits per heavy atom. The predicted molar refractivity (Wildman–Crippen MR) is 137 cm³/mol. The Morgan fingerprint density at radius 2 is 1.62 bits per heavy atom. The standard InChI is InChI=1S/C27H19Cl3FN3/c1-27(21-14-32-15-34(21)2,17-8-10-18(28)11-9-17)19-12-13-20-23(25(19)31)24(29)22(26(30)33-20)16-6-4-3-5-7-16/h3-15H,1-2H3. The second-order valence-corrected chi connectivity index (χ2v) is 9.47. The summed E-state index contributed by atoms with van der Waals surface area (Å²) >= 11 is 19.5. The van der Waals surface area contributed by atoms with Gasteiger partial charge < -0.3 is 4.57 Å². The van der Waals surface area contributed by atoms with Crippen LogP contribution in [0.1, 0.15) is 23.7 Å². The van der Waals surface area contributed by atoms with Crippen LogP contribution >= 0.6 is 34.8 Å². The van der Waals surface area contributed by atoms with Crippen LogP contribution < -0.4 is 0 Å². The number of hydrogen-bond donors (Lipinski definition) is 0. The van der Waals surface area contributed by atoms with Gasteiger partial charge in [-0.1, -0.05) is 83.3 Å². The van der Waals surface area contributed by atoms with Gasteiger partial charge in [0.05, 0.1) is 33.4 Å². The first-order chi connectivity index (χ1) is 16.3. The van der Waals surface area contributed by atoms with Crippen molar-refractivity contribution in [3.8, 4) is 11.1 Å². The maximum atomic E-state index is 16.5. The molecule has 3 nitrogen and oxygen atoms in total. The molecular formula is C27H19Cl3FN3. The highest BCUT2D eigenvalue weighted by atomic mass is 35.5. The Hall–Kier alpha value is -2.92. The van der Waals surface area contributed by atoms with Gasteiger partial charge >= 0.3 is 0 Å². The van der Waals surface area contributed by atoms with Crippen molar-refractivity contribution >= 4 is 45.7 Å². The van der Waals surface area contributed by atoms with Crippen LogP contribution in [0.5, 0.6) is 0 Å². The molecule has 34 heavy (non-hydrogen) atoms. The van der Waals surface area contributed by atoms with Gasteiger partial charge in [-0.15, -0.1) is 0 Å². The number of fused-ring (bicyclic) bond motifs is 1. The van der Waals surface area contributed by atoms with Gasteiger partial charge in [0.2, 0.25) is 0 Å². The minimum absolute atomic E-state index is 0.225. The second-order valence-electron chi connectivity index (χ2n) is 8.30. The highest BCUT2D eigenvalue weighted by Crippen LogP contribution is 2.45. The van der Waals surface area contributed by atoms with E-state index in [1.165, 1.54) is 0 Å². The van der Waals surface area contributed by atoms with Crippen molar-refractivity contribution in [1.29, 1.82) is 0 Å². The molecule has 0 N–H and O–H groups in total. The van der Waals surface area contributed by atoms with Crippen LogP contribution in [0.2, 0.25) is 15.2 Å². The van der Waals surface area contributed by atoms with E-state index in [0.29, 0.717) is 21.7 Å². The fourth-order valence-electron chi connectivity index (χ4n) is 4.55. The number of hydrogen-bond acceptors (Lipinski definition) is 2. The molecule has 2 aromatic heterocycles. The molecule has 1 atom stereocenters. The zero-order chi connectivity index (χ0) is 24.0. The summed E-state index contributed by atoms with van der Waals surface area (Å²) in [6.07, 6.45) is 3.44. The van der Waals surface area contributed by atoms with E-state index in [9.17, 15) is 0 Å². The molecule has 0 spiro atoms. The van der Waals surface area contributed by atoms with E-state index in [4.69, 9.17) is 34.8 Å². The summed E-state index contributed by atoms with van der Waals surface area (Å²) in [5, 5.41) is 1.28. The monoisotopic (exact) mass is 509 g/mol. The molecular weight excluding hydrogens is 492 g/mol. The number of halogens is 4. The lowest BCUT2D eigenvalue weighted by atomic mass is 9.73. The molecule has 0 saturated heterocycles. The maximum absolute atomic E-state index is 16.5. The highest BCUT2D eigenvalue weighted by molar-refractivity contribution is 6.42. The normalized spacial score (nSPS) is 13.2. The van der Waals surface area contributed by atoms with E-state index in [1.807, 2.05) is 61.0 Å². The second kappa shape index (κ2) is 8.70. The summed E-state index contributed by atoms with van der Waals surface area (Å²) in [5.41, 5.74) is 2.89. The molecule has 0 aliphatic carbocycles. The first-order valence-electron chi connectivity index (χ1n) is 10.6. The minimum Gasteiger partial charge on any atom is -0.337 e. The van der Waals surface area contributed by atoms with E-state index in [0.717, 1.165) is 16.8 Å². The van der Waals surface area contributed by atoms with Crippen LogP contribution in [0.4, 0.5) is 4.39 Å². The SMILES string of the molecule is Cn1cncc1C(C)(c1ccc(Cl)cc1)c1ccc2nc(Cl)c(-c3ccccc3)c(Cl)c2c1F. The Labute approximate surface area is 211 Å². The number of aromatic nitrogens is 3. The number of nitrogens with zero attached hydrogens (tertiary/aromatic N) is 3. The number of aryl methyl sites for hydroxylation is 1. The lowest BCUT2D eigenvalue weighted by Crippen LogP contribution is -2.29. The van der Waals surface area contributed by atoms with Gasteiger partial charge in [0, 0.05) is 29.4 Å². The van der Waals surface area contributed by atoms with Crippen molar-refractivity contribution in [3.05, 3.63) is 117 Å². The Bertz CT molecular complexity index is 1510. The summed E-state index contributed by atoms with van der Waals surface area (Å²) in [4.78, 5) is 8.76. The van der Waals surface area contributed by atoms with Crippen LogP contribution in [0, 0.1) is 5.82 Å². The van der Waals surface area contributed by atoms with Gasteiger partial charge in [-0.2, -0.15) is 0 Å². The fourth-order valence-corrected chi connectivity index (χ4v) is 5.39. The molecule has 0 bridgehead atoms. The molecule has 0 radical (unpaired) electrons. The average molecular weight is 511 g/mol. The summed E-state index contributed by atoms with van der Waals surface area (Å²) in [6, 6.07) is 20.3. The van der Waals surface area contributed by atoms with Gasteiger partial charge in [-0.25, -0.2) is 14.4 Å². The van der Waals surface area contributed by atoms with Gasteiger partial charge in [0.1, 0.15) is 11.0 Å². The maximum Gasteiger partial charge on any atom is 0.139 e. The van der Waals surface area contributed by atoms with E-state index in [-0.39, 0.29) is 15.6 Å². The molecule has 5 aromatic rings. The molecule has 7 heteroatoms. The molecule has 5 rings (SSSR count). The average Bonchev–Trinajstić information content (AvgIpc) is 3.26. The number of imidazole rings is 1. The van der Waals surface area contributed by atoms with Gasteiger partial charge in [-0.05, 0) is 36.2 Å². The molecule has 170 valence electrons. The van der Waals surface area contributed by atoms with Crippen molar-refractivity contribution in [2.45, 2.75) is 12.3 Å². The van der Waals surface area contributed by atoms with Crippen molar-refractivity contribution in [1.82, 2.24) is 14.5 Å². The van der Waals surface area contributed by atoms with E-state index < -0.39 is 11.2 Å². The lowest BCUT2D eigenvalue weighted by molar-refractivity contribution is 0.556. The zero-order valence-corrected chi connectivity index (χ0v) is 20.6. The molecule has 2 heterocycles. The summed E-state index contributed by atoms with van der Waals surface area (Å²) in [7, 11) is 1.89. The van der Waals surface area contributed by atoms with Crippen LogP contribution in [0.3, 0.4) is 0 Å². The molecule has 3 aromatic carbocycles. The summed E-state index contributed by atoms with van der Waals surface area (Å²) < 4.78 is 18.4. The molecule has 0 amide bonds. The Balaban J connectivity index is 1.84. The zero-order valence-electron chi connectivity index (χ0n) is 18.4. The smallest absolute Gasteiger partial charge is 0.139 e. The van der Waals surface area contributed by atoms with Gasteiger partial charge in [0.15, 0.2) is 0 Å². The molecule has 0 aliphatic rings. The summed E-state index contributed by atoms with van der Waals surface area (Å²) in [5.74, 6) is -0.456. The molecule has 0 saturated carbocycles. The summed E-state index contributed by atoms with van der Waals surface area (Å²) in [6.45, 7) is 1.97. The number of rotatable bonds is 4. The number of benzene rings is 3. The quantitative estimate of drug-likeness (QED) is 0.229. The van der Waals surface area contributed by atoms with Crippen molar-refractivity contribution < 1.29 is 4.39 Å². The molecule has 0 aliphatic heterocycles. The molecule has 1 unspecified atom stereocenters. The van der Waals surface area contributed by atoms with Crippen molar-refractivity contribution in [2.75, 3.05) is 0 Å². The predicted octanol–water partition coefficient (Wildman–Crippen LogP) is 8.09. The number of pyridine rings is 1. The minimum atomic E-state index is -0.885. The van der Waals surface area contributed by atoms with Crippen LogP contribution in [0.25, 0.3) is 22.0 Å². The van der Waals surface area contributed by atoms with Crippen LogP contribution in [-0.2, 0) is 12.5 Å². The highest BCUT2D eigenvalue weighted by Gasteiger charge is 2.37.